The molecule has 0 aromatic heterocycles. The number of sulfonamides is 1. The maximum atomic E-state index is 13.7. The Labute approximate surface area is 202 Å². The Balaban J connectivity index is 2.29. The van der Waals surface area contributed by atoms with Gasteiger partial charge in [0.25, 0.3) is 0 Å². The van der Waals surface area contributed by atoms with Gasteiger partial charge < -0.3 is 9.64 Å². The summed E-state index contributed by atoms with van der Waals surface area (Å²) in [6, 6.07) is 15.1. The van der Waals surface area contributed by atoms with E-state index in [9.17, 15) is 18.0 Å². The number of carbonyl (C=O) groups excluding carboxylic acids is 2. The van der Waals surface area contributed by atoms with Gasteiger partial charge in [-0.1, -0.05) is 74.4 Å². The molecule has 0 spiro atoms. The predicted octanol–water partition coefficient (Wildman–Crippen LogP) is 3.84. The van der Waals surface area contributed by atoms with Crippen LogP contribution in [0.3, 0.4) is 0 Å². The van der Waals surface area contributed by atoms with Gasteiger partial charge >= 0.3 is 5.97 Å². The number of rotatable bonds is 12. The van der Waals surface area contributed by atoms with E-state index in [1.54, 1.807) is 29.2 Å². The fraction of sp³-hybridized carbons (Fsp3) is 0.385. The second kappa shape index (κ2) is 13.1. The molecule has 0 aliphatic heterocycles. The van der Waals surface area contributed by atoms with Crippen LogP contribution in [0.2, 0.25) is 0 Å². The van der Waals surface area contributed by atoms with Gasteiger partial charge in [-0.2, -0.15) is 4.72 Å². The van der Waals surface area contributed by atoms with Crippen LogP contribution in [-0.4, -0.2) is 44.4 Å². The third-order valence-corrected chi connectivity index (χ3v) is 6.95. The zero-order chi connectivity index (χ0) is 25.1. The summed E-state index contributed by atoms with van der Waals surface area (Å²) in [6.07, 6.45) is 4.03. The van der Waals surface area contributed by atoms with E-state index >= 15 is 0 Å². The molecule has 2 atom stereocenters. The molecular formula is C26H34N2O5S. The SMILES string of the molecule is CCC(C)[C@H](NS(=O)(=O)c1ccc(C)cc1)C(=O)N(C/C=C/COC(C)=O)Cc1ccccc1. The fourth-order valence-corrected chi connectivity index (χ4v) is 4.56. The minimum absolute atomic E-state index is 0.109. The maximum Gasteiger partial charge on any atom is 0.302 e. The van der Waals surface area contributed by atoms with Crippen molar-refractivity contribution < 1.29 is 22.7 Å². The first kappa shape index (κ1) is 27.3. The Hall–Kier alpha value is -2.97. The van der Waals surface area contributed by atoms with Crippen molar-refractivity contribution in [3.8, 4) is 0 Å². The smallest absolute Gasteiger partial charge is 0.302 e. The van der Waals surface area contributed by atoms with E-state index in [1.165, 1.54) is 19.1 Å². The van der Waals surface area contributed by atoms with Crippen LogP contribution in [0.25, 0.3) is 0 Å². The number of benzene rings is 2. The Kier molecular flexibility index (Phi) is 10.5. The van der Waals surface area contributed by atoms with E-state index in [0.717, 1.165) is 11.1 Å². The number of nitrogens with zero attached hydrogens (tertiary/aromatic N) is 1. The number of nitrogens with one attached hydrogen (secondary N) is 1. The fourth-order valence-electron chi connectivity index (χ4n) is 3.27. The lowest BCUT2D eigenvalue weighted by molar-refractivity contribution is -0.139. The summed E-state index contributed by atoms with van der Waals surface area (Å²) in [5.74, 6) is -0.925. The molecule has 8 heteroatoms. The Morgan fingerprint density at radius 3 is 2.29 bits per heavy atom. The van der Waals surface area contributed by atoms with E-state index in [1.807, 2.05) is 51.1 Å². The van der Waals surface area contributed by atoms with E-state index in [0.29, 0.717) is 13.0 Å². The third-order valence-electron chi connectivity index (χ3n) is 5.50. The number of aryl methyl sites for hydroxylation is 1. The van der Waals surface area contributed by atoms with E-state index in [2.05, 4.69) is 4.72 Å². The molecule has 1 N–H and O–H groups in total. The predicted molar refractivity (Wildman–Crippen MR) is 132 cm³/mol. The van der Waals surface area contributed by atoms with Crippen LogP contribution in [-0.2, 0) is 30.9 Å². The van der Waals surface area contributed by atoms with Crippen molar-refractivity contribution >= 4 is 21.9 Å². The zero-order valence-corrected chi connectivity index (χ0v) is 21.0. The second-order valence-electron chi connectivity index (χ2n) is 8.28. The van der Waals surface area contributed by atoms with E-state index in [-0.39, 0.29) is 35.8 Å². The highest BCUT2D eigenvalue weighted by molar-refractivity contribution is 7.89. The molecule has 0 aliphatic rings. The average Bonchev–Trinajstić information content (AvgIpc) is 2.81. The number of hydrogen-bond donors (Lipinski definition) is 1. The topological polar surface area (TPSA) is 92.8 Å². The van der Waals surface area contributed by atoms with E-state index in [4.69, 9.17) is 4.74 Å². The lowest BCUT2D eigenvalue weighted by Crippen LogP contribution is -2.51. The summed E-state index contributed by atoms with van der Waals surface area (Å²) in [7, 11) is -3.89. The van der Waals surface area contributed by atoms with Crippen molar-refractivity contribution in [3.63, 3.8) is 0 Å². The quantitative estimate of drug-likeness (QED) is 0.364. The first-order valence-corrected chi connectivity index (χ1v) is 12.8. The standard InChI is InChI=1S/C26H34N2O5S/c1-5-21(3)25(27-34(31,32)24-15-13-20(2)14-16-24)26(30)28(17-9-10-18-33-22(4)29)19-23-11-7-6-8-12-23/h6-16,21,25,27H,5,17-19H2,1-4H3/b10-9+/t21?,25-/m0/s1. The molecule has 1 amide bonds. The van der Waals surface area contributed by atoms with Gasteiger partial charge in [0.2, 0.25) is 15.9 Å². The van der Waals surface area contributed by atoms with Gasteiger partial charge in [-0.3, -0.25) is 9.59 Å². The minimum Gasteiger partial charge on any atom is -0.462 e. The second-order valence-corrected chi connectivity index (χ2v) is 9.99. The van der Waals surface area contributed by atoms with Gasteiger partial charge in [0.15, 0.2) is 0 Å². The Morgan fingerprint density at radius 1 is 1.06 bits per heavy atom. The van der Waals surface area contributed by atoms with Crippen molar-refractivity contribution in [3.05, 3.63) is 77.9 Å². The lowest BCUT2D eigenvalue weighted by Gasteiger charge is -2.30. The number of carbonyl (C=O) groups is 2. The van der Waals surface area contributed by atoms with E-state index < -0.39 is 16.1 Å². The molecule has 2 rings (SSSR count). The first-order valence-electron chi connectivity index (χ1n) is 11.3. The summed E-state index contributed by atoms with van der Waals surface area (Å²) in [6.45, 7) is 7.66. The molecule has 2 aromatic rings. The summed E-state index contributed by atoms with van der Waals surface area (Å²) in [5, 5.41) is 0. The molecule has 184 valence electrons. The van der Waals surface area contributed by atoms with Crippen molar-refractivity contribution in [2.75, 3.05) is 13.2 Å². The van der Waals surface area contributed by atoms with Gasteiger partial charge in [-0.05, 0) is 36.6 Å². The molecule has 1 unspecified atom stereocenters. The molecule has 0 saturated carbocycles. The number of ether oxygens (including phenoxy) is 1. The molecule has 0 fully saturated rings. The van der Waals surface area contributed by atoms with Crippen LogP contribution in [0.15, 0.2) is 71.6 Å². The lowest BCUT2D eigenvalue weighted by atomic mass is 9.98. The summed E-state index contributed by atoms with van der Waals surface area (Å²) in [5.41, 5.74) is 1.87. The normalized spacial score (nSPS) is 13.4. The molecule has 0 saturated heterocycles. The molecule has 7 nitrogen and oxygen atoms in total. The number of hydrogen-bond acceptors (Lipinski definition) is 5. The third kappa shape index (κ3) is 8.43. The zero-order valence-electron chi connectivity index (χ0n) is 20.2. The monoisotopic (exact) mass is 486 g/mol. The van der Waals surface area contributed by atoms with Crippen molar-refractivity contribution in [2.24, 2.45) is 5.92 Å². The highest BCUT2D eigenvalue weighted by Crippen LogP contribution is 2.18. The van der Waals surface area contributed by atoms with Crippen molar-refractivity contribution in [1.82, 2.24) is 9.62 Å². The Bertz CT molecular complexity index is 1070. The summed E-state index contributed by atoms with van der Waals surface area (Å²) in [4.78, 5) is 26.4. The largest absolute Gasteiger partial charge is 0.462 e. The van der Waals surface area contributed by atoms with Gasteiger partial charge in [-0.15, -0.1) is 0 Å². The molecule has 0 heterocycles. The van der Waals surface area contributed by atoms with Crippen LogP contribution in [0.4, 0.5) is 0 Å². The molecule has 0 bridgehead atoms. The molecule has 0 radical (unpaired) electrons. The number of amides is 1. The highest BCUT2D eigenvalue weighted by atomic mass is 32.2. The van der Waals surface area contributed by atoms with Crippen LogP contribution < -0.4 is 4.72 Å². The average molecular weight is 487 g/mol. The van der Waals surface area contributed by atoms with Gasteiger partial charge in [0, 0.05) is 20.0 Å². The highest BCUT2D eigenvalue weighted by Gasteiger charge is 2.32. The van der Waals surface area contributed by atoms with Gasteiger partial charge in [0.1, 0.15) is 12.6 Å². The van der Waals surface area contributed by atoms with Gasteiger partial charge in [0.05, 0.1) is 4.90 Å². The Morgan fingerprint density at radius 2 is 1.71 bits per heavy atom. The molecule has 0 aliphatic carbocycles. The van der Waals surface area contributed by atoms with Crippen LogP contribution >= 0.6 is 0 Å². The number of esters is 1. The molecule has 34 heavy (non-hydrogen) atoms. The molecular weight excluding hydrogens is 452 g/mol. The molecule has 2 aromatic carbocycles. The van der Waals surface area contributed by atoms with Crippen LogP contribution in [0, 0.1) is 12.8 Å². The van der Waals surface area contributed by atoms with Crippen molar-refractivity contribution in [1.29, 1.82) is 0 Å². The van der Waals surface area contributed by atoms with Crippen LogP contribution in [0.5, 0.6) is 0 Å². The van der Waals surface area contributed by atoms with Crippen molar-refractivity contribution in [2.45, 2.75) is 51.6 Å². The maximum absolute atomic E-state index is 13.7. The van der Waals surface area contributed by atoms with Crippen LogP contribution in [0.1, 0.15) is 38.3 Å². The summed E-state index contributed by atoms with van der Waals surface area (Å²) < 4.78 is 33.7. The minimum atomic E-state index is -3.89. The summed E-state index contributed by atoms with van der Waals surface area (Å²) >= 11 is 0. The van der Waals surface area contributed by atoms with Gasteiger partial charge in [-0.25, -0.2) is 8.42 Å². The first-order chi connectivity index (χ1) is 16.1.